The molecule has 43 heavy (non-hydrogen) atoms. The summed E-state index contributed by atoms with van der Waals surface area (Å²) in [5, 5.41) is 11.1. The van der Waals surface area contributed by atoms with Gasteiger partial charge in [-0.3, -0.25) is 24.0 Å². The molecule has 0 aromatic rings. The van der Waals surface area contributed by atoms with Crippen molar-refractivity contribution in [2.75, 3.05) is 6.54 Å². The van der Waals surface area contributed by atoms with Crippen LogP contribution in [0.3, 0.4) is 0 Å². The molecular weight excluding hydrogens is 552 g/mol. The Morgan fingerprint density at radius 2 is 1.53 bits per heavy atom. The van der Waals surface area contributed by atoms with Crippen molar-refractivity contribution in [2.24, 2.45) is 40.2 Å². The second-order valence-corrected chi connectivity index (χ2v) is 15.0. The summed E-state index contributed by atoms with van der Waals surface area (Å²) in [4.78, 5) is 79.9. The van der Waals surface area contributed by atoms with Gasteiger partial charge in [-0.25, -0.2) is 4.79 Å². The maximum Gasteiger partial charge on any atom is 0.316 e. The maximum atomic E-state index is 14.2. The lowest BCUT2D eigenvalue weighted by Crippen LogP contribution is -2.62. The largest absolute Gasteiger partial charge is 0.363 e. The van der Waals surface area contributed by atoms with Crippen molar-refractivity contribution in [1.29, 1.82) is 0 Å². The van der Waals surface area contributed by atoms with Gasteiger partial charge in [0.25, 0.3) is 5.91 Å². The Balaban J connectivity index is 1.81. The Morgan fingerprint density at radius 1 is 0.930 bits per heavy atom. The van der Waals surface area contributed by atoms with E-state index >= 15 is 0 Å². The van der Waals surface area contributed by atoms with E-state index in [1.807, 2.05) is 62.3 Å². The molecule has 0 spiro atoms. The Hall–Kier alpha value is -3.18. The second kappa shape index (κ2) is 12.8. The van der Waals surface area contributed by atoms with E-state index in [4.69, 9.17) is 5.73 Å². The zero-order valence-electron chi connectivity index (χ0n) is 27.2. The van der Waals surface area contributed by atoms with Crippen LogP contribution in [0.25, 0.3) is 0 Å². The summed E-state index contributed by atoms with van der Waals surface area (Å²) in [6.07, 6.45) is 3.21. The van der Waals surface area contributed by atoms with Gasteiger partial charge in [-0.15, -0.1) is 0 Å². The highest BCUT2D eigenvalue weighted by Gasteiger charge is 2.70. The third-order valence-corrected chi connectivity index (χ3v) is 9.48. The minimum absolute atomic E-state index is 0.0728. The van der Waals surface area contributed by atoms with Gasteiger partial charge in [-0.1, -0.05) is 67.7 Å². The highest BCUT2D eigenvalue weighted by Crippen LogP contribution is 2.65. The van der Waals surface area contributed by atoms with Gasteiger partial charge in [0.15, 0.2) is 0 Å². The molecule has 3 aliphatic rings. The molecule has 1 saturated heterocycles. The lowest BCUT2D eigenvalue weighted by atomic mass is 9.80. The predicted molar refractivity (Wildman–Crippen MR) is 161 cm³/mol. The quantitative estimate of drug-likeness (QED) is 0.210. The van der Waals surface area contributed by atoms with Crippen LogP contribution in [-0.2, 0) is 24.0 Å². The number of piperidine rings is 1. The van der Waals surface area contributed by atoms with Gasteiger partial charge < -0.3 is 31.9 Å². The number of primary amides is 1. The minimum atomic E-state index is -1.10. The highest BCUT2D eigenvalue weighted by atomic mass is 16.2. The van der Waals surface area contributed by atoms with E-state index in [9.17, 15) is 28.8 Å². The average molecular weight is 605 g/mol. The predicted octanol–water partition coefficient (Wildman–Crippen LogP) is 1.46. The van der Waals surface area contributed by atoms with Crippen LogP contribution in [0.4, 0.5) is 4.79 Å². The van der Waals surface area contributed by atoms with Gasteiger partial charge in [0.1, 0.15) is 18.1 Å². The van der Waals surface area contributed by atoms with Crippen LogP contribution in [0.1, 0.15) is 88.0 Å². The number of nitrogens with one attached hydrogen (secondary N) is 4. The van der Waals surface area contributed by atoms with Crippen LogP contribution in [-0.4, -0.2) is 77.1 Å². The second-order valence-electron chi connectivity index (χ2n) is 15.0. The number of fused-ring (bicyclic) bond motifs is 1. The first-order valence-corrected chi connectivity index (χ1v) is 15.6. The number of amides is 6. The molecule has 12 nitrogen and oxygen atoms in total. The molecule has 12 heteroatoms. The Bertz CT molecular complexity index is 1120. The van der Waals surface area contributed by atoms with Crippen LogP contribution in [0, 0.1) is 34.5 Å². The summed E-state index contributed by atoms with van der Waals surface area (Å²) in [7, 11) is 0. The summed E-state index contributed by atoms with van der Waals surface area (Å²) >= 11 is 0. The van der Waals surface area contributed by atoms with Gasteiger partial charge >= 0.3 is 6.03 Å². The molecule has 2 aliphatic carbocycles. The van der Waals surface area contributed by atoms with Gasteiger partial charge in [-0.05, 0) is 54.8 Å². The van der Waals surface area contributed by atoms with Crippen LogP contribution in [0.15, 0.2) is 0 Å². The van der Waals surface area contributed by atoms with Crippen molar-refractivity contribution in [1.82, 2.24) is 26.2 Å². The fourth-order valence-corrected chi connectivity index (χ4v) is 6.57. The number of Topliss-reactive ketones (excluding diaryl/α,β-unsaturated/α-hetero) is 1. The lowest BCUT2D eigenvalue weighted by molar-refractivity contribution is -0.145. The molecule has 3 rings (SSSR count). The number of hydrogen-bond donors (Lipinski definition) is 5. The van der Waals surface area contributed by atoms with E-state index in [1.54, 1.807) is 0 Å². The molecule has 0 aromatic carbocycles. The van der Waals surface area contributed by atoms with Crippen molar-refractivity contribution in [2.45, 2.75) is 118 Å². The average Bonchev–Trinajstić information content (AvgIpc) is 3.18. The molecule has 0 bridgehead atoms. The van der Waals surface area contributed by atoms with Crippen molar-refractivity contribution >= 4 is 35.4 Å². The van der Waals surface area contributed by atoms with Crippen molar-refractivity contribution in [3.63, 3.8) is 0 Å². The van der Waals surface area contributed by atoms with E-state index in [0.29, 0.717) is 13.0 Å². The molecule has 0 unspecified atom stereocenters. The molecule has 6 amide bonds. The van der Waals surface area contributed by atoms with E-state index in [1.165, 1.54) is 4.90 Å². The fourth-order valence-electron chi connectivity index (χ4n) is 6.57. The number of rotatable bonds is 12. The number of ketones is 1. The Morgan fingerprint density at radius 3 is 2.00 bits per heavy atom. The summed E-state index contributed by atoms with van der Waals surface area (Å²) < 4.78 is 0. The minimum Gasteiger partial charge on any atom is -0.363 e. The van der Waals surface area contributed by atoms with E-state index in [-0.39, 0.29) is 41.0 Å². The number of carbonyl (C=O) groups is 6. The summed E-state index contributed by atoms with van der Waals surface area (Å²) in [6, 6.07) is -4.51. The third kappa shape index (κ3) is 7.67. The highest BCUT2D eigenvalue weighted by molar-refractivity contribution is 6.37. The fraction of sp³-hybridized carbons (Fsp3) is 0.806. The topological polar surface area (TPSA) is 180 Å². The number of carbonyl (C=O) groups excluding carboxylic acids is 6. The van der Waals surface area contributed by atoms with Crippen LogP contribution < -0.4 is 27.0 Å². The summed E-state index contributed by atoms with van der Waals surface area (Å²) in [5.74, 6) is -3.21. The van der Waals surface area contributed by atoms with E-state index in [0.717, 1.165) is 19.3 Å². The van der Waals surface area contributed by atoms with Gasteiger partial charge in [0.05, 0.1) is 6.04 Å². The smallest absolute Gasteiger partial charge is 0.316 e. The van der Waals surface area contributed by atoms with Crippen molar-refractivity contribution in [3.8, 4) is 0 Å². The van der Waals surface area contributed by atoms with Crippen LogP contribution in [0.2, 0.25) is 0 Å². The molecule has 0 aromatic heterocycles. The molecule has 6 atom stereocenters. The zero-order chi connectivity index (χ0) is 32.6. The SMILES string of the molecule is CC(C)NC(=O)[C@@H](NC(=O)N[C@H](C(=O)N1C[C@H]2[C@@H]([C@H]1C(=O)N[C@@H](CC1CCC1)C(=O)C(N)=O)C2(C)C)C(C)(C)C)C(C)C. The normalized spacial score (nSPS) is 24.7. The van der Waals surface area contributed by atoms with E-state index in [2.05, 4.69) is 21.3 Å². The van der Waals surface area contributed by atoms with Gasteiger partial charge in [-0.2, -0.15) is 0 Å². The zero-order valence-corrected chi connectivity index (χ0v) is 27.2. The number of nitrogens with two attached hydrogens (primary N) is 1. The first-order chi connectivity index (χ1) is 19.8. The lowest BCUT2D eigenvalue weighted by Gasteiger charge is -2.38. The first-order valence-electron chi connectivity index (χ1n) is 15.6. The summed E-state index contributed by atoms with van der Waals surface area (Å²) in [6.45, 7) is 17.2. The number of urea groups is 1. The van der Waals surface area contributed by atoms with Crippen molar-refractivity contribution < 1.29 is 28.8 Å². The van der Waals surface area contributed by atoms with E-state index < -0.39 is 59.1 Å². The van der Waals surface area contributed by atoms with Crippen LogP contribution >= 0.6 is 0 Å². The van der Waals surface area contributed by atoms with Gasteiger partial charge in [0.2, 0.25) is 23.5 Å². The first kappa shape index (κ1) is 34.3. The monoisotopic (exact) mass is 604 g/mol. The molecule has 1 heterocycles. The molecule has 0 radical (unpaired) electrons. The molecule has 3 fully saturated rings. The molecular formula is C31H52N6O6. The van der Waals surface area contributed by atoms with Crippen molar-refractivity contribution in [3.05, 3.63) is 0 Å². The number of hydrogen-bond acceptors (Lipinski definition) is 6. The standard InChI is InChI=1S/C31H52N6O6/c1-15(2)21(26(40)33-16(3)4)35-29(43)36-24(30(5,6)7)28(42)37-14-18-20(31(18,8)9)22(37)27(41)34-19(23(38)25(32)39)13-17-11-10-12-17/h15-22,24H,10-14H2,1-9H3,(H2,32,39)(H,33,40)(H,34,41)(H2,35,36,43)/t18-,19-,20-,21-,22-,24+/m0/s1. The van der Waals surface area contributed by atoms with Crippen LogP contribution in [0.5, 0.6) is 0 Å². The maximum absolute atomic E-state index is 14.2. The molecule has 242 valence electrons. The third-order valence-electron chi connectivity index (χ3n) is 9.48. The molecule has 2 saturated carbocycles. The Labute approximate surface area is 255 Å². The number of nitrogens with zero attached hydrogens (tertiary/aromatic N) is 1. The molecule has 1 aliphatic heterocycles. The summed E-state index contributed by atoms with van der Waals surface area (Å²) in [5.41, 5.74) is 4.38. The molecule has 6 N–H and O–H groups in total. The number of likely N-dealkylation sites (tertiary alicyclic amines) is 1. The van der Waals surface area contributed by atoms with Gasteiger partial charge in [0, 0.05) is 12.6 Å². The Kier molecular flexibility index (Phi) is 10.2.